The molecule has 0 bridgehead atoms. The van der Waals surface area contributed by atoms with Gasteiger partial charge in [0.2, 0.25) is 0 Å². The maximum Gasteiger partial charge on any atom is 0.0858 e. The van der Waals surface area contributed by atoms with Gasteiger partial charge in [-0.3, -0.25) is 0 Å². The molecule has 114 valence electrons. The van der Waals surface area contributed by atoms with E-state index in [9.17, 15) is 0 Å². The molecule has 0 unspecified atom stereocenters. The van der Waals surface area contributed by atoms with Crippen molar-refractivity contribution in [1.29, 1.82) is 0 Å². The fraction of sp³-hybridized carbons (Fsp3) is 0.333. The van der Waals surface area contributed by atoms with Gasteiger partial charge in [0.15, 0.2) is 0 Å². The summed E-state index contributed by atoms with van der Waals surface area (Å²) in [6, 6.07) is 16.2. The highest BCUT2D eigenvalue weighted by Gasteiger charge is 2.09. The fourth-order valence-corrected chi connectivity index (χ4v) is 2.95. The molecule has 3 rings (SSSR count). The number of hydrogen-bond acceptors (Lipinski definition) is 3. The molecule has 2 aromatic rings. The molecule has 0 amide bonds. The Morgan fingerprint density at radius 2 is 1.18 bits per heavy atom. The smallest absolute Gasteiger partial charge is 0.0858 e. The maximum absolute atomic E-state index is 4.30. The van der Waals surface area contributed by atoms with Crippen molar-refractivity contribution in [2.75, 3.05) is 18.0 Å². The van der Waals surface area contributed by atoms with E-state index in [1.54, 1.807) is 0 Å². The molecule has 0 N–H and O–H groups in total. The van der Waals surface area contributed by atoms with E-state index in [1.807, 2.05) is 36.4 Å². The number of benzene rings is 2. The molecule has 3 nitrogen and oxygen atoms in total. The second-order valence-corrected chi connectivity index (χ2v) is 6.51. The van der Waals surface area contributed by atoms with E-state index in [0.717, 1.165) is 15.8 Å². The van der Waals surface area contributed by atoms with Crippen LogP contribution in [-0.2, 0) is 0 Å². The van der Waals surface area contributed by atoms with Gasteiger partial charge in [-0.05, 0) is 61.4 Å². The summed E-state index contributed by atoms with van der Waals surface area (Å²) in [7, 11) is 0. The maximum atomic E-state index is 4.30. The van der Waals surface area contributed by atoms with E-state index in [4.69, 9.17) is 0 Å². The van der Waals surface area contributed by atoms with Crippen molar-refractivity contribution in [3.05, 3.63) is 53.0 Å². The molecule has 0 radical (unpaired) electrons. The zero-order valence-electron chi connectivity index (χ0n) is 12.6. The Balaban J connectivity index is 1.67. The Labute approximate surface area is 140 Å². The molecule has 1 fully saturated rings. The van der Waals surface area contributed by atoms with Gasteiger partial charge in [0.25, 0.3) is 0 Å². The van der Waals surface area contributed by atoms with Crippen LogP contribution in [0.15, 0.2) is 63.2 Å². The normalized spacial score (nSPS) is 16.0. The highest BCUT2D eigenvalue weighted by atomic mass is 79.9. The van der Waals surface area contributed by atoms with Crippen LogP contribution in [0.1, 0.15) is 25.7 Å². The number of nitrogens with zero attached hydrogens (tertiary/aromatic N) is 3. The lowest BCUT2D eigenvalue weighted by Gasteiger charge is -2.22. The molecule has 1 aliphatic rings. The van der Waals surface area contributed by atoms with Crippen molar-refractivity contribution < 1.29 is 0 Å². The molecule has 0 atom stereocenters. The fourth-order valence-electron chi connectivity index (χ4n) is 2.68. The van der Waals surface area contributed by atoms with Gasteiger partial charge in [0, 0.05) is 23.2 Å². The first-order valence-corrected chi connectivity index (χ1v) is 8.63. The van der Waals surface area contributed by atoms with Crippen LogP contribution in [0.4, 0.5) is 17.1 Å². The zero-order valence-corrected chi connectivity index (χ0v) is 14.2. The average molecular weight is 358 g/mol. The Bertz CT molecular complexity index is 612. The molecule has 0 aliphatic carbocycles. The number of hydrogen-bond donors (Lipinski definition) is 0. The number of anilines is 1. The van der Waals surface area contributed by atoms with E-state index in [-0.39, 0.29) is 0 Å². The quantitative estimate of drug-likeness (QED) is 0.597. The van der Waals surface area contributed by atoms with Crippen molar-refractivity contribution in [2.24, 2.45) is 10.2 Å². The third kappa shape index (κ3) is 4.17. The van der Waals surface area contributed by atoms with E-state index >= 15 is 0 Å². The van der Waals surface area contributed by atoms with Gasteiger partial charge in [-0.2, -0.15) is 10.2 Å². The largest absolute Gasteiger partial charge is 0.372 e. The van der Waals surface area contributed by atoms with Crippen LogP contribution in [0.3, 0.4) is 0 Å². The van der Waals surface area contributed by atoms with Crippen molar-refractivity contribution in [3.63, 3.8) is 0 Å². The molecule has 1 saturated heterocycles. The summed E-state index contributed by atoms with van der Waals surface area (Å²) >= 11 is 3.42. The Hall–Kier alpha value is -1.68. The molecular formula is C18H20BrN3. The summed E-state index contributed by atoms with van der Waals surface area (Å²) in [6.45, 7) is 2.33. The second-order valence-electron chi connectivity index (χ2n) is 5.59. The highest BCUT2D eigenvalue weighted by molar-refractivity contribution is 9.10. The van der Waals surface area contributed by atoms with Gasteiger partial charge in [-0.1, -0.05) is 28.8 Å². The predicted molar refractivity (Wildman–Crippen MR) is 95.4 cm³/mol. The van der Waals surface area contributed by atoms with Crippen LogP contribution in [0.2, 0.25) is 0 Å². The number of halogens is 1. The van der Waals surface area contributed by atoms with Gasteiger partial charge in [0.1, 0.15) is 0 Å². The summed E-state index contributed by atoms with van der Waals surface area (Å²) in [6.07, 6.45) is 5.31. The van der Waals surface area contributed by atoms with Gasteiger partial charge in [-0.15, -0.1) is 0 Å². The first-order chi connectivity index (χ1) is 10.8. The summed E-state index contributed by atoms with van der Waals surface area (Å²) < 4.78 is 1.05. The van der Waals surface area contributed by atoms with Gasteiger partial charge >= 0.3 is 0 Å². The van der Waals surface area contributed by atoms with Crippen LogP contribution in [0.25, 0.3) is 0 Å². The van der Waals surface area contributed by atoms with Crippen molar-refractivity contribution >= 4 is 33.0 Å². The molecule has 2 aromatic carbocycles. The second kappa shape index (κ2) is 7.54. The SMILES string of the molecule is Brc1ccc(N=Nc2ccc(N3CCCCCC3)cc2)cc1. The minimum Gasteiger partial charge on any atom is -0.372 e. The minimum atomic E-state index is 0.861. The molecule has 1 aliphatic heterocycles. The zero-order chi connectivity index (χ0) is 15.2. The topological polar surface area (TPSA) is 28.0 Å². The summed E-state index contributed by atoms with van der Waals surface area (Å²) in [4.78, 5) is 2.47. The predicted octanol–water partition coefficient (Wildman–Crippen LogP) is 6.24. The lowest BCUT2D eigenvalue weighted by Crippen LogP contribution is -2.23. The molecule has 22 heavy (non-hydrogen) atoms. The van der Waals surface area contributed by atoms with E-state index in [2.05, 4.69) is 43.2 Å². The molecule has 0 saturated carbocycles. The first-order valence-electron chi connectivity index (χ1n) is 7.83. The Morgan fingerprint density at radius 3 is 1.73 bits per heavy atom. The van der Waals surface area contributed by atoms with Crippen LogP contribution in [0.5, 0.6) is 0 Å². The standard InChI is InChI=1S/C18H20BrN3/c19-15-5-7-16(8-6-15)20-21-17-9-11-18(12-10-17)22-13-3-1-2-4-14-22/h5-12H,1-4,13-14H2. The minimum absolute atomic E-state index is 0.861. The summed E-state index contributed by atoms with van der Waals surface area (Å²) in [5.74, 6) is 0. The van der Waals surface area contributed by atoms with E-state index in [0.29, 0.717) is 0 Å². The van der Waals surface area contributed by atoms with Crippen LogP contribution < -0.4 is 4.90 Å². The third-order valence-corrected chi connectivity index (χ3v) is 4.46. The van der Waals surface area contributed by atoms with Gasteiger partial charge < -0.3 is 4.90 Å². The number of rotatable bonds is 3. The molecule has 0 spiro atoms. The van der Waals surface area contributed by atoms with E-state index in [1.165, 1.54) is 44.5 Å². The molecular weight excluding hydrogens is 338 g/mol. The molecule has 1 heterocycles. The third-order valence-electron chi connectivity index (χ3n) is 3.93. The van der Waals surface area contributed by atoms with Crippen molar-refractivity contribution in [1.82, 2.24) is 0 Å². The summed E-state index contributed by atoms with van der Waals surface area (Å²) in [5, 5.41) is 8.57. The van der Waals surface area contributed by atoms with Crippen LogP contribution in [-0.4, -0.2) is 13.1 Å². The van der Waals surface area contributed by atoms with Crippen LogP contribution >= 0.6 is 15.9 Å². The number of azo groups is 1. The van der Waals surface area contributed by atoms with Gasteiger partial charge in [-0.25, -0.2) is 0 Å². The first kappa shape index (κ1) is 15.2. The average Bonchev–Trinajstić information content (AvgIpc) is 2.84. The highest BCUT2D eigenvalue weighted by Crippen LogP contribution is 2.24. The Kier molecular flexibility index (Phi) is 5.22. The van der Waals surface area contributed by atoms with Crippen molar-refractivity contribution in [3.8, 4) is 0 Å². The van der Waals surface area contributed by atoms with Gasteiger partial charge in [0.05, 0.1) is 11.4 Å². The monoisotopic (exact) mass is 357 g/mol. The molecule has 4 heteroatoms. The van der Waals surface area contributed by atoms with E-state index < -0.39 is 0 Å². The Morgan fingerprint density at radius 1 is 0.682 bits per heavy atom. The summed E-state index contributed by atoms with van der Waals surface area (Å²) in [5.41, 5.74) is 3.05. The van der Waals surface area contributed by atoms with Crippen LogP contribution in [0, 0.1) is 0 Å². The lowest BCUT2D eigenvalue weighted by molar-refractivity contribution is 0.726. The lowest BCUT2D eigenvalue weighted by atomic mass is 10.2. The molecule has 0 aromatic heterocycles. The van der Waals surface area contributed by atoms with Crippen molar-refractivity contribution in [2.45, 2.75) is 25.7 Å².